The van der Waals surface area contributed by atoms with E-state index in [1.54, 1.807) is 18.9 Å². The minimum Gasteiger partial charge on any atom is -0.465 e. The van der Waals surface area contributed by atoms with Crippen molar-refractivity contribution in [3.63, 3.8) is 0 Å². The van der Waals surface area contributed by atoms with Gasteiger partial charge in [0.1, 0.15) is 11.4 Å². The number of ether oxygens (including phenoxy) is 1. The first-order valence-electron chi connectivity index (χ1n) is 6.63. The van der Waals surface area contributed by atoms with Crippen molar-refractivity contribution >= 4 is 27.4 Å². The van der Waals surface area contributed by atoms with E-state index in [0.717, 1.165) is 0 Å². The fourth-order valence-electron chi connectivity index (χ4n) is 1.72. The highest BCUT2D eigenvalue weighted by molar-refractivity contribution is 7.91. The molecule has 0 atom stereocenters. The number of sulfone groups is 1. The molecule has 1 heterocycles. The Bertz CT molecular complexity index is 609. The molecule has 1 rings (SSSR count). The molecule has 2 N–H and O–H groups in total. The number of carbonyl (C=O) groups excluding carboxylic acids is 1. The van der Waals surface area contributed by atoms with Gasteiger partial charge in [-0.25, -0.2) is 17.9 Å². The monoisotopic (exact) mass is 318 g/mol. The molecular formula is C12H22N4O4S. The number of anilines is 2. The second-order valence-electron chi connectivity index (χ2n) is 4.55. The largest absolute Gasteiger partial charge is 0.465 e. The number of carbonyl (C=O) groups is 1. The standard InChI is InChI=1S/C12H22N4O4S/c1-5-15(3)11-9(12(17)20-4)10(13)16(14-11)7-8-21(18,19)6-2/h5-8,13H2,1-4H3. The number of hydrogen-bond donors (Lipinski definition) is 1. The fourth-order valence-corrected chi connectivity index (χ4v) is 2.46. The van der Waals surface area contributed by atoms with Crippen molar-refractivity contribution in [1.82, 2.24) is 9.78 Å². The van der Waals surface area contributed by atoms with E-state index in [0.29, 0.717) is 12.4 Å². The molecule has 0 radical (unpaired) electrons. The minimum absolute atomic E-state index is 0.0553. The van der Waals surface area contributed by atoms with Gasteiger partial charge in [-0.15, -0.1) is 0 Å². The van der Waals surface area contributed by atoms with Gasteiger partial charge >= 0.3 is 5.97 Å². The van der Waals surface area contributed by atoms with E-state index in [2.05, 4.69) is 5.10 Å². The van der Waals surface area contributed by atoms with Crippen LogP contribution in [0.4, 0.5) is 11.6 Å². The van der Waals surface area contributed by atoms with Crippen LogP contribution in [-0.4, -0.2) is 56.4 Å². The maximum Gasteiger partial charge on any atom is 0.345 e. The molecule has 8 nitrogen and oxygen atoms in total. The maximum atomic E-state index is 11.8. The molecular weight excluding hydrogens is 296 g/mol. The van der Waals surface area contributed by atoms with Crippen molar-refractivity contribution in [2.24, 2.45) is 0 Å². The molecule has 1 aromatic heterocycles. The van der Waals surface area contributed by atoms with Gasteiger partial charge in [-0.2, -0.15) is 5.10 Å². The third-order valence-corrected chi connectivity index (χ3v) is 4.94. The lowest BCUT2D eigenvalue weighted by molar-refractivity contribution is 0.0602. The van der Waals surface area contributed by atoms with Gasteiger partial charge in [0, 0.05) is 19.3 Å². The summed E-state index contributed by atoms with van der Waals surface area (Å²) < 4.78 is 29.2. The molecule has 0 saturated heterocycles. The predicted octanol–water partition coefficient (Wildman–Crippen LogP) is 0.143. The molecule has 1 aromatic rings. The van der Waals surface area contributed by atoms with Crippen LogP contribution >= 0.6 is 0 Å². The molecule has 0 fully saturated rings. The lowest BCUT2D eigenvalue weighted by Crippen LogP contribution is -2.20. The zero-order chi connectivity index (χ0) is 16.2. The number of nitrogens with zero attached hydrogens (tertiary/aromatic N) is 3. The molecule has 0 saturated carbocycles. The van der Waals surface area contributed by atoms with Crippen molar-refractivity contribution in [3.05, 3.63) is 5.56 Å². The van der Waals surface area contributed by atoms with Gasteiger partial charge in [-0.1, -0.05) is 6.92 Å². The summed E-state index contributed by atoms with van der Waals surface area (Å²) in [4.78, 5) is 13.6. The number of esters is 1. The number of nitrogen functional groups attached to an aromatic ring is 1. The highest BCUT2D eigenvalue weighted by Crippen LogP contribution is 2.25. The van der Waals surface area contributed by atoms with Crippen LogP contribution in [0.15, 0.2) is 0 Å². The smallest absolute Gasteiger partial charge is 0.345 e. The van der Waals surface area contributed by atoms with Crippen LogP contribution in [0.1, 0.15) is 24.2 Å². The van der Waals surface area contributed by atoms with Gasteiger partial charge in [0.05, 0.1) is 19.4 Å². The summed E-state index contributed by atoms with van der Waals surface area (Å²) in [6, 6.07) is 0. The summed E-state index contributed by atoms with van der Waals surface area (Å²) in [5.41, 5.74) is 6.08. The Hall–Kier alpha value is -1.77. The number of aromatic nitrogens is 2. The van der Waals surface area contributed by atoms with Crippen molar-refractivity contribution in [2.45, 2.75) is 20.4 Å². The van der Waals surface area contributed by atoms with Crippen LogP contribution in [0.2, 0.25) is 0 Å². The maximum absolute atomic E-state index is 11.8. The number of methoxy groups -OCH3 is 1. The molecule has 0 aromatic carbocycles. The Morgan fingerprint density at radius 3 is 2.52 bits per heavy atom. The third kappa shape index (κ3) is 3.87. The lowest BCUT2D eigenvalue weighted by atomic mass is 10.3. The summed E-state index contributed by atoms with van der Waals surface area (Å²) in [5.74, 6) is -0.114. The Balaban J connectivity index is 3.18. The van der Waals surface area contributed by atoms with Crippen LogP contribution in [0, 0.1) is 0 Å². The first-order chi connectivity index (χ1) is 9.77. The Morgan fingerprint density at radius 1 is 1.43 bits per heavy atom. The van der Waals surface area contributed by atoms with Crippen molar-refractivity contribution in [3.8, 4) is 0 Å². The van der Waals surface area contributed by atoms with Crippen LogP contribution in [0.5, 0.6) is 0 Å². The molecule has 0 bridgehead atoms. The van der Waals surface area contributed by atoms with Gasteiger partial charge in [0.15, 0.2) is 15.7 Å². The highest BCUT2D eigenvalue weighted by atomic mass is 32.2. The van der Waals surface area contributed by atoms with Crippen molar-refractivity contribution < 1.29 is 17.9 Å². The second-order valence-corrected chi connectivity index (χ2v) is 7.02. The minimum atomic E-state index is -3.14. The van der Waals surface area contributed by atoms with Gasteiger partial charge in [-0.3, -0.25) is 0 Å². The van der Waals surface area contributed by atoms with E-state index >= 15 is 0 Å². The fraction of sp³-hybridized carbons (Fsp3) is 0.667. The normalized spacial score (nSPS) is 11.4. The van der Waals surface area contributed by atoms with Crippen molar-refractivity contribution in [1.29, 1.82) is 0 Å². The van der Waals surface area contributed by atoms with Gasteiger partial charge < -0.3 is 15.4 Å². The van der Waals surface area contributed by atoms with Crippen LogP contribution in [0.3, 0.4) is 0 Å². The molecule has 0 unspecified atom stereocenters. The molecule has 120 valence electrons. The van der Waals surface area contributed by atoms with Crippen LogP contribution in [0.25, 0.3) is 0 Å². The quantitative estimate of drug-likeness (QED) is 0.713. The highest BCUT2D eigenvalue weighted by Gasteiger charge is 2.25. The second kappa shape index (κ2) is 6.79. The van der Waals surface area contributed by atoms with Gasteiger partial charge in [0.2, 0.25) is 0 Å². The first kappa shape index (κ1) is 17.3. The summed E-state index contributed by atoms with van der Waals surface area (Å²) in [5, 5.41) is 4.24. The molecule has 0 aliphatic carbocycles. The van der Waals surface area contributed by atoms with E-state index in [9.17, 15) is 13.2 Å². The average molecular weight is 318 g/mol. The molecule has 21 heavy (non-hydrogen) atoms. The zero-order valence-electron chi connectivity index (χ0n) is 12.8. The van der Waals surface area contributed by atoms with Gasteiger partial charge in [0.25, 0.3) is 0 Å². The topological polar surface area (TPSA) is 108 Å². The number of nitrogens with two attached hydrogens (primary N) is 1. The number of aryl methyl sites for hydroxylation is 1. The van der Waals surface area contributed by atoms with Gasteiger partial charge in [-0.05, 0) is 6.92 Å². The SMILES string of the molecule is CCN(C)c1nn(CCS(=O)(=O)CC)c(N)c1C(=O)OC. The first-order valence-corrected chi connectivity index (χ1v) is 8.45. The van der Waals surface area contributed by atoms with Crippen molar-refractivity contribution in [2.75, 3.05) is 42.8 Å². The van der Waals surface area contributed by atoms with Crippen LogP contribution < -0.4 is 10.6 Å². The average Bonchev–Trinajstić information content (AvgIpc) is 2.80. The molecule has 0 aliphatic rings. The Labute approximate surface area is 124 Å². The zero-order valence-corrected chi connectivity index (χ0v) is 13.6. The molecule has 9 heteroatoms. The summed E-state index contributed by atoms with van der Waals surface area (Å²) in [6.45, 7) is 4.20. The number of hydrogen-bond acceptors (Lipinski definition) is 7. The van der Waals surface area contributed by atoms with E-state index in [1.165, 1.54) is 11.8 Å². The van der Waals surface area contributed by atoms with E-state index in [1.807, 2.05) is 6.92 Å². The van der Waals surface area contributed by atoms with E-state index in [4.69, 9.17) is 10.5 Å². The van der Waals surface area contributed by atoms with E-state index < -0.39 is 15.8 Å². The molecule has 0 aliphatic heterocycles. The van der Waals surface area contributed by atoms with Crippen LogP contribution in [-0.2, 0) is 21.1 Å². The lowest BCUT2D eigenvalue weighted by Gasteiger charge is -2.14. The molecule has 0 amide bonds. The summed E-state index contributed by atoms with van der Waals surface area (Å²) in [6.07, 6.45) is 0. The summed E-state index contributed by atoms with van der Waals surface area (Å²) in [7, 11) is -0.110. The Kier molecular flexibility index (Phi) is 5.59. The third-order valence-electron chi connectivity index (χ3n) is 3.25. The molecule has 0 spiro atoms. The van der Waals surface area contributed by atoms with E-state index in [-0.39, 0.29) is 29.4 Å². The predicted molar refractivity (Wildman–Crippen MR) is 81.3 cm³/mol. The Morgan fingerprint density at radius 2 is 2.05 bits per heavy atom. The summed E-state index contributed by atoms with van der Waals surface area (Å²) >= 11 is 0. The number of rotatable bonds is 7.